The number of hydrogen-bond donors (Lipinski definition) is 1. The number of rotatable bonds is 4. The van der Waals surface area contributed by atoms with Crippen LogP contribution in [0.15, 0.2) is 71.6 Å². The summed E-state index contributed by atoms with van der Waals surface area (Å²) in [5.41, 5.74) is 2.26. The summed E-state index contributed by atoms with van der Waals surface area (Å²) in [5.74, 6) is 0. The van der Waals surface area contributed by atoms with Crippen LogP contribution in [0.5, 0.6) is 0 Å². The fraction of sp³-hybridized carbons (Fsp3) is 0.238. The van der Waals surface area contributed by atoms with Crippen LogP contribution in [0.3, 0.4) is 0 Å². The van der Waals surface area contributed by atoms with Gasteiger partial charge in [0.25, 0.3) is 0 Å². The first-order valence-electron chi connectivity index (χ1n) is 8.34. The molecule has 0 unspecified atom stereocenters. The van der Waals surface area contributed by atoms with Gasteiger partial charge in [0, 0.05) is 6.54 Å². The van der Waals surface area contributed by atoms with E-state index in [4.69, 9.17) is 0 Å². The Kier molecular flexibility index (Phi) is 4.67. The number of fused-ring (bicyclic) bond motifs is 1. The molecule has 0 heterocycles. The fourth-order valence-corrected chi connectivity index (χ4v) is 3.77. The molecule has 3 aromatic rings. The SMILES string of the molecule is CC(C)(C)c1ccc(CNS(=O)(=O)c2ccc3ccccc3c2)cc1. The van der Waals surface area contributed by atoms with Gasteiger partial charge in [-0.2, -0.15) is 0 Å². The molecule has 4 heteroatoms. The van der Waals surface area contributed by atoms with Gasteiger partial charge in [0.2, 0.25) is 10.0 Å². The van der Waals surface area contributed by atoms with Gasteiger partial charge in [0.1, 0.15) is 0 Å². The van der Waals surface area contributed by atoms with Gasteiger partial charge in [-0.15, -0.1) is 0 Å². The van der Waals surface area contributed by atoms with Gasteiger partial charge >= 0.3 is 0 Å². The maximum Gasteiger partial charge on any atom is 0.240 e. The van der Waals surface area contributed by atoms with Crippen LogP contribution in [0.2, 0.25) is 0 Å². The highest BCUT2D eigenvalue weighted by molar-refractivity contribution is 7.89. The predicted octanol–water partition coefficient (Wildman–Crippen LogP) is 4.62. The minimum atomic E-state index is -3.54. The molecule has 3 rings (SSSR count). The molecule has 1 N–H and O–H groups in total. The summed E-state index contributed by atoms with van der Waals surface area (Å²) < 4.78 is 27.8. The van der Waals surface area contributed by atoms with Crippen molar-refractivity contribution in [1.82, 2.24) is 4.72 Å². The summed E-state index contributed by atoms with van der Waals surface area (Å²) in [6.07, 6.45) is 0. The number of hydrogen-bond acceptors (Lipinski definition) is 2. The van der Waals surface area contributed by atoms with E-state index in [9.17, 15) is 8.42 Å². The molecular weight excluding hydrogens is 330 g/mol. The summed E-state index contributed by atoms with van der Waals surface area (Å²) in [6, 6.07) is 21.0. The average Bonchev–Trinajstić information content (AvgIpc) is 2.59. The first-order valence-corrected chi connectivity index (χ1v) is 9.82. The van der Waals surface area contributed by atoms with Gasteiger partial charge in [-0.25, -0.2) is 13.1 Å². The molecule has 0 radical (unpaired) electrons. The fourth-order valence-electron chi connectivity index (χ4n) is 2.72. The largest absolute Gasteiger partial charge is 0.240 e. The third-order valence-electron chi connectivity index (χ3n) is 4.32. The molecule has 0 spiro atoms. The van der Waals surface area contributed by atoms with Gasteiger partial charge in [-0.3, -0.25) is 0 Å². The maximum atomic E-state index is 12.6. The van der Waals surface area contributed by atoms with E-state index in [0.717, 1.165) is 16.3 Å². The molecule has 3 aromatic carbocycles. The highest BCUT2D eigenvalue weighted by Crippen LogP contribution is 2.22. The second-order valence-corrected chi connectivity index (χ2v) is 9.05. The topological polar surface area (TPSA) is 46.2 Å². The normalized spacial score (nSPS) is 12.4. The second kappa shape index (κ2) is 6.62. The van der Waals surface area contributed by atoms with Crippen LogP contribution in [-0.4, -0.2) is 8.42 Å². The van der Waals surface area contributed by atoms with Crippen LogP contribution >= 0.6 is 0 Å². The Labute approximate surface area is 149 Å². The zero-order chi connectivity index (χ0) is 18.1. The Morgan fingerprint density at radius 3 is 2.12 bits per heavy atom. The molecular formula is C21H23NO2S. The standard InChI is InChI=1S/C21H23NO2S/c1-21(2,3)19-11-8-16(9-12-19)15-22-25(23,24)20-13-10-17-6-4-5-7-18(17)14-20/h4-14,22H,15H2,1-3H3. The van der Waals surface area contributed by atoms with Gasteiger partial charge < -0.3 is 0 Å². The van der Waals surface area contributed by atoms with Crippen LogP contribution in [0.4, 0.5) is 0 Å². The van der Waals surface area contributed by atoms with Crippen LogP contribution < -0.4 is 4.72 Å². The molecule has 0 aliphatic carbocycles. The summed E-state index contributed by atoms with van der Waals surface area (Å²) in [5, 5.41) is 1.94. The highest BCUT2D eigenvalue weighted by atomic mass is 32.2. The van der Waals surface area contributed by atoms with Crippen LogP contribution in [0, 0.1) is 0 Å². The quantitative estimate of drug-likeness (QED) is 0.744. The predicted molar refractivity (Wildman–Crippen MR) is 103 cm³/mol. The average molecular weight is 353 g/mol. The van der Waals surface area contributed by atoms with Crippen molar-refractivity contribution in [3.63, 3.8) is 0 Å². The number of nitrogens with one attached hydrogen (secondary N) is 1. The van der Waals surface area contributed by atoms with Crippen molar-refractivity contribution in [2.24, 2.45) is 0 Å². The molecule has 0 bridgehead atoms. The summed E-state index contributed by atoms with van der Waals surface area (Å²) >= 11 is 0. The Bertz CT molecular complexity index is 984. The molecule has 0 aliphatic heterocycles. The van der Waals surface area contributed by atoms with Crippen LogP contribution in [0.1, 0.15) is 31.9 Å². The van der Waals surface area contributed by atoms with E-state index in [-0.39, 0.29) is 16.9 Å². The minimum Gasteiger partial charge on any atom is -0.207 e. The lowest BCUT2D eigenvalue weighted by atomic mass is 9.87. The third-order valence-corrected chi connectivity index (χ3v) is 5.72. The van der Waals surface area contributed by atoms with E-state index < -0.39 is 10.0 Å². The monoisotopic (exact) mass is 353 g/mol. The van der Waals surface area contributed by atoms with E-state index in [0.29, 0.717) is 0 Å². The molecule has 0 aromatic heterocycles. The lowest BCUT2D eigenvalue weighted by Crippen LogP contribution is -2.23. The molecule has 130 valence electrons. The van der Waals surface area contributed by atoms with Crippen LogP contribution in [-0.2, 0) is 22.0 Å². The molecule has 0 fully saturated rings. The lowest BCUT2D eigenvalue weighted by molar-refractivity contribution is 0.580. The van der Waals surface area contributed by atoms with Gasteiger partial charge in [0.05, 0.1) is 4.90 Å². The van der Waals surface area contributed by atoms with E-state index in [2.05, 4.69) is 37.6 Å². The van der Waals surface area contributed by atoms with Crippen molar-refractivity contribution in [3.05, 3.63) is 77.9 Å². The molecule has 0 aliphatic rings. The molecule has 0 saturated heterocycles. The molecule has 0 saturated carbocycles. The van der Waals surface area contributed by atoms with Gasteiger partial charge in [-0.1, -0.05) is 75.4 Å². The zero-order valence-electron chi connectivity index (χ0n) is 14.8. The Balaban J connectivity index is 1.76. The third kappa shape index (κ3) is 4.09. The smallest absolute Gasteiger partial charge is 0.207 e. The zero-order valence-corrected chi connectivity index (χ0v) is 15.6. The summed E-state index contributed by atoms with van der Waals surface area (Å²) in [6.45, 7) is 6.75. The van der Waals surface area contributed by atoms with Crippen molar-refractivity contribution in [1.29, 1.82) is 0 Å². The Morgan fingerprint density at radius 2 is 1.48 bits per heavy atom. The van der Waals surface area contributed by atoms with Crippen molar-refractivity contribution in [3.8, 4) is 0 Å². The molecule has 25 heavy (non-hydrogen) atoms. The maximum absolute atomic E-state index is 12.6. The van der Waals surface area contributed by atoms with Crippen LogP contribution in [0.25, 0.3) is 10.8 Å². The molecule has 3 nitrogen and oxygen atoms in total. The van der Waals surface area contributed by atoms with Crippen molar-refractivity contribution in [2.75, 3.05) is 0 Å². The first kappa shape index (κ1) is 17.6. The second-order valence-electron chi connectivity index (χ2n) is 7.28. The van der Waals surface area contributed by atoms with Crippen molar-refractivity contribution in [2.45, 2.75) is 37.6 Å². The molecule has 0 amide bonds. The lowest BCUT2D eigenvalue weighted by Gasteiger charge is -2.19. The summed E-state index contributed by atoms with van der Waals surface area (Å²) in [7, 11) is -3.54. The number of sulfonamides is 1. The highest BCUT2D eigenvalue weighted by Gasteiger charge is 2.15. The van der Waals surface area contributed by atoms with Crippen molar-refractivity contribution < 1.29 is 8.42 Å². The minimum absolute atomic E-state index is 0.0864. The summed E-state index contributed by atoms with van der Waals surface area (Å²) in [4.78, 5) is 0.289. The van der Waals surface area contributed by atoms with E-state index in [1.165, 1.54) is 5.56 Å². The van der Waals surface area contributed by atoms with Crippen molar-refractivity contribution >= 4 is 20.8 Å². The van der Waals surface area contributed by atoms with E-state index >= 15 is 0 Å². The van der Waals surface area contributed by atoms with E-state index in [1.807, 2.05) is 42.5 Å². The Hall–Kier alpha value is -2.17. The molecule has 0 atom stereocenters. The first-order chi connectivity index (χ1) is 11.8. The van der Waals surface area contributed by atoms with E-state index in [1.54, 1.807) is 12.1 Å². The number of benzene rings is 3. The Morgan fingerprint density at radius 1 is 0.840 bits per heavy atom. The van der Waals surface area contributed by atoms with Gasteiger partial charge in [0.15, 0.2) is 0 Å². The van der Waals surface area contributed by atoms with Gasteiger partial charge in [-0.05, 0) is 39.4 Å².